The van der Waals surface area contributed by atoms with E-state index in [1.807, 2.05) is 0 Å². The maximum Gasteiger partial charge on any atom is 0.472 e. The standard InChI is InChI=1S/C45H84NO10P/c1-3-5-7-9-11-13-15-17-18-19-20-21-22-23-25-26-28-30-32-34-36-43(48)46-42(45(50)51)40-56-57(52,53)55-39-41(47)38-54-44(49)37-35-33-31-29-27-24-16-14-12-10-8-6-4-2/h8,10,14,16,41-42,47H,3-7,9,11-13,15,17-40H2,1-2H3,(H,46,48)(H,50,51)(H,52,53)/b10-8-,16-14-. The van der Waals surface area contributed by atoms with Gasteiger partial charge in [0.25, 0.3) is 0 Å². The number of aliphatic hydroxyl groups is 1. The van der Waals surface area contributed by atoms with Crippen LogP contribution in [0.15, 0.2) is 24.3 Å². The largest absolute Gasteiger partial charge is 0.480 e. The van der Waals surface area contributed by atoms with Crippen LogP contribution in [0.1, 0.15) is 213 Å². The summed E-state index contributed by atoms with van der Waals surface area (Å²) >= 11 is 0. The van der Waals surface area contributed by atoms with Gasteiger partial charge in [0.1, 0.15) is 12.7 Å². The summed E-state index contributed by atoms with van der Waals surface area (Å²) < 4.78 is 26.8. The topological polar surface area (TPSA) is 169 Å². The fourth-order valence-electron chi connectivity index (χ4n) is 6.41. The first-order valence-corrected chi connectivity index (χ1v) is 24.4. The van der Waals surface area contributed by atoms with Gasteiger partial charge in [-0.25, -0.2) is 9.36 Å². The number of phosphoric acid groups is 1. The van der Waals surface area contributed by atoms with Crippen molar-refractivity contribution in [1.82, 2.24) is 5.32 Å². The molecule has 12 heteroatoms. The first-order chi connectivity index (χ1) is 27.6. The van der Waals surface area contributed by atoms with E-state index in [0.29, 0.717) is 12.8 Å². The number of rotatable bonds is 43. The fourth-order valence-corrected chi connectivity index (χ4v) is 7.19. The van der Waals surface area contributed by atoms with Crippen molar-refractivity contribution in [2.45, 2.75) is 225 Å². The monoisotopic (exact) mass is 830 g/mol. The molecule has 57 heavy (non-hydrogen) atoms. The molecule has 3 atom stereocenters. The number of aliphatic carboxylic acids is 1. The SMILES string of the molecule is CCC/C=C\C/C=C\CCCCCCCC(=O)OCC(O)COP(=O)(O)OCC(NC(=O)CCCCCCCCCCCCCCCCCCCCCC)C(=O)O. The number of hydrogen-bond donors (Lipinski definition) is 4. The van der Waals surface area contributed by atoms with Crippen LogP contribution < -0.4 is 5.32 Å². The number of nitrogens with one attached hydrogen (secondary N) is 1. The first-order valence-electron chi connectivity index (χ1n) is 22.9. The molecule has 0 radical (unpaired) electrons. The van der Waals surface area contributed by atoms with Crippen molar-refractivity contribution in [1.29, 1.82) is 0 Å². The normalized spacial score (nSPS) is 13.9. The van der Waals surface area contributed by atoms with Crippen molar-refractivity contribution >= 4 is 25.7 Å². The van der Waals surface area contributed by atoms with Crippen molar-refractivity contribution in [2.75, 3.05) is 19.8 Å². The van der Waals surface area contributed by atoms with Gasteiger partial charge in [0, 0.05) is 12.8 Å². The minimum Gasteiger partial charge on any atom is -0.480 e. The van der Waals surface area contributed by atoms with E-state index in [9.17, 15) is 34.1 Å². The smallest absolute Gasteiger partial charge is 0.472 e. The molecule has 0 aromatic heterocycles. The zero-order valence-corrected chi connectivity index (χ0v) is 37.0. The van der Waals surface area contributed by atoms with E-state index in [4.69, 9.17) is 13.8 Å². The molecule has 0 aliphatic rings. The molecular formula is C45H84NO10P. The summed E-state index contributed by atoms with van der Waals surface area (Å²) in [5.74, 6) is -2.38. The van der Waals surface area contributed by atoms with Crippen LogP contribution in [-0.4, -0.2) is 64.9 Å². The third-order valence-electron chi connectivity index (χ3n) is 9.97. The van der Waals surface area contributed by atoms with Crippen LogP contribution in [0, 0.1) is 0 Å². The number of esters is 1. The molecule has 0 heterocycles. The Morgan fingerprint density at radius 1 is 0.561 bits per heavy atom. The molecule has 4 N–H and O–H groups in total. The van der Waals surface area contributed by atoms with Gasteiger partial charge in [-0.1, -0.05) is 186 Å². The van der Waals surface area contributed by atoms with E-state index in [0.717, 1.165) is 64.2 Å². The lowest BCUT2D eigenvalue weighted by molar-refractivity contribution is -0.147. The van der Waals surface area contributed by atoms with Crippen molar-refractivity contribution in [3.8, 4) is 0 Å². The van der Waals surface area contributed by atoms with Crippen LogP contribution >= 0.6 is 7.82 Å². The van der Waals surface area contributed by atoms with Gasteiger partial charge in [0.2, 0.25) is 5.91 Å². The van der Waals surface area contributed by atoms with Gasteiger partial charge in [-0.2, -0.15) is 0 Å². The zero-order chi connectivity index (χ0) is 42.1. The lowest BCUT2D eigenvalue weighted by Crippen LogP contribution is -2.43. The average Bonchev–Trinajstić information content (AvgIpc) is 3.18. The molecule has 0 aromatic rings. The third-order valence-corrected chi connectivity index (χ3v) is 10.9. The summed E-state index contributed by atoms with van der Waals surface area (Å²) in [4.78, 5) is 45.9. The second-order valence-electron chi connectivity index (χ2n) is 15.6. The van der Waals surface area contributed by atoms with Crippen LogP contribution in [0.4, 0.5) is 0 Å². The number of hydrogen-bond acceptors (Lipinski definition) is 8. The molecule has 0 spiro atoms. The van der Waals surface area contributed by atoms with Crippen LogP contribution in [0.3, 0.4) is 0 Å². The van der Waals surface area contributed by atoms with Gasteiger partial charge in [-0.3, -0.25) is 18.6 Å². The highest BCUT2D eigenvalue weighted by Crippen LogP contribution is 2.43. The third kappa shape index (κ3) is 40.5. The Morgan fingerprint density at radius 3 is 1.49 bits per heavy atom. The maximum atomic E-state index is 12.3. The minimum absolute atomic E-state index is 0.149. The molecule has 0 saturated carbocycles. The predicted octanol–water partition coefficient (Wildman–Crippen LogP) is 11.8. The Bertz CT molecular complexity index is 1070. The van der Waals surface area contributed by atoms with Crippen LogP contribution in [0.5, 0.6) is 0 Å². The van der Waals surface area contributed by atoms with Crippen LogP contribution in [-0.2, 0) is 32.7 Å². The van der Waals surface area contributed by atoms with Gasteiger partial charge < -0.3 is 25.2 Å². The van der Waals surface area contributed by atoms with E-state index in [1.165, 1.54) is 109 Å². The number of allylic oxidation sites excluding steroid dienone is 4. The maximum absolute atomic E-state index is 12.3. The van der Waals surface area contributed by atoms with Crippen LogP contribution in [0.2, 0.25) is 0 Å². The van der Waals surface area contributed by atoms with Crippen molar-refractivity contribution in [2.24, 2.45) is 0 Å². The summed E-state index contributed by atoms with van der Waals surface area (Å²) in [7, 11) is -4.76. The summed E-state index contributed by atoms with van der Waals surface area (Å²) in [6.07, 6.45) is 42.0. The Kier molecular flexibility index (Phi) is 39.3. The molecule has 0 bridgehead atoms. The average molecular weight is 830 g/mol. The number of phosphoric ester groups is 1. The van der Waals surface area contributed by atoms with Gasteiger partial charge in [-0.15, -0.1) is 0 Å². The highest BCUT2D eigenvalue weighted by atomic mass is 31.2. The van der Waals surface area contributed by atoms with E-state index in [1.54, 1.807) is 0 Å². The van der Waals surface area contributed by atoms with E-state index in [-0.39, 0.29) is 12.8 Å². The first kappa shape index (κ1) is 55.0. The molecular weight excluding hydrogens is 745 g/mol. The summed E-state index contributed by atoms with van der Waals surface area (Å²) in [6.45, 7) is 2.53. The highest BCUT2D eigenvalue weighted by molar-refractivity contribution is 7.47. The second-order valence-corrected chi connectivity index (χ2v) is 17.0. The molecule has 0 aromatic carbocycles. The van der Waals surface area contributed by atoms with Gasteiger partial charge in [-0.05, 0) is 38.5 Å². The predicted molar refractivity (Wildman–Crippen MR) is 231 cm³/mol. The number of carbonyl (C=O) groups is 3. The number of carboxylic acids is 1. The Labute approximate surface area is 347 Å². The summed E-state index contributed by atoms with van der Waals surface area (Å²) in [5.41, 5.74) is 0. The fraction of sp³-hybridized carbons (Fsp3) is 0.844. The number of aliphatic hydroxyl groups excluding tert-OH is 1. The quantitative estimate of drug-likeness (QED) is 0.0201. The number of amides is 1. The van der Waals surface area contributed by atoms with E-state index in [2.05, 4.69) is 43.5 Å². The number of carboxylic acid groups (broad SMARTS) is 1. The van der Waals surface area contributed by atoms with Crippen molar-refractivity contribution in [3.63, 3.8) is 0 Å². The minimum atomic E-state index is -4.76. The number of carbonyl (C=O) groups excluding carboxylic acids is 2. The van der Waals surface area contributed by atoms with E-state index < -0.39 is 57.6 Å². The number of unbranched alkanes of at least 4 members (excludes halogenated alkanes) is 25. The van der Waals surface area contributed by atoms with Crippen LogP contribution in [0.25, 0.3) is 0 Å². The molecule has 0 fully saturated rings. The molecule has 1 amide bonds. The lowest BCUT2D eigenvalue weighted by atomic mass is 10.0. The lowest BCUT2D eigenvalue weighted by Gasteiger charge is -2.18. The van der Waals surface area contributed by atoms with Gasteiger partial charge in [0.15, 0.2) is 6.04 Å². The Balaban J connectivity index is 3.86. The van der Waals surface area contributed by atoms with Crippen molar-refractivity contribution < 1.29 is 47.8 Å². The Hall–Kier alpha value is -2.04. The number of ether oxygens (including phenoxy) is 1. The molecule has 0 saturated heterocycles. The molecule has 0 aliphatic carbocycles. The molecule has 334 valence electrons. The molecule has 0 rings (SSSR count). The van der Waals surface area contributed by atoms with Gasteiger partial charge in [0.05, 0.1) is 13.2 Å². The second kappa shape index (κ2) is 40.7. The molecule has 11 nitrogen and oxygen atoms in total. The summed E-state index contributed by atoms with van der Waals surface area (Å²) in [5, 5.41) is 21.8. The van der Waals surface area contributed by atoms with Gasteiger partial charge >= 0.3 is 19.8 Å². The highest BCUT2D eigenvalue weighted by Gasteiger charge is 2.28. The Morgan fingerprint density at radius 2 is 1.00 bits per heavy atom. The van der Waals surface area contributed by atoms with Crippen molar-refractivity contribution in [3.05, 3.63) is 24.3 Å². The zero-order valence-electron chi connectivity index (χ0n) is 36.2. The molecule has 0 aliphatic heterocycles. The van der Waals surface area contributed by atoms with E-state index >= 15 is 0 Å². The molecule has 3 unspecified atom stereocenters. The summed E-state index contributed by atoms with van der Waals surface area (Å²) in [6, 6.07) is -1.54.